The molecule has 114 valence electrons. The van der Waals surface area contributed by atoms with Gasteiger partial charge >= 0.3 is 0 Å². The average molecular weight is 364 g/mol. The van der Waals surface area contributed by atoms with Crippen molar-refractivity contribution in [1.29, 1.82) is 0 Å². The molecule has 1 aromatic rings. The van der Waals surface area contributed by atoms with Crippen molar-refractivity contribution in [2.75, 3.05) is 32.8 Å². The highest BCUT2D eigenvalue weighted by Crippen LogP contribution is 2.40. The highest BCUT2D eigenvalue weighted by Gasteiger charge is 2.36. The molecule has 1 atom stereocenters. The Bertz CT molecular complexity index is 422. The Morgan fingerprint density at radius 1 is 1.30 bits per heavy atom. The van der Waals surface area contributed by atoms with E-state index in [9.17, 15) is 5.11 Å². The van der Waals surface area contributed by atoms with Gasteiger partial charge in [-0.05, 0) is 11.6 Å². The molecule has 1 heterocycles. The van der Waals surface area contributed by atoms with Crippen molar-refractivity contribution in [3.05, 3.63) is 34.3 Å². The van der Waals surface area contributed by atoms with Crippen LogP contribution in [0.5, 0.6) is 0 Å². The summed E-state index contributed by atoms with van der Waals surface area (Å²) in [7, 11) is 0. The molecule has 1 saturated heterocycles. The molecular formula is C15H24BrClN2O. The van der Waals surface area contributed by atoms with Crippen molar-refractivity contribution < 1.29 is 5.11 Å². The predicted molar refractivity (Wildman–Crippen MR) is 89.4 cm³/mol. The van der Waals surface area contributed by atoms with Crippen molar-refractivity contribution in [2.45, 2.75) is 19.9 Å². The molecule has 1 fully saturated rings. The minimum atomic E-state index is -0.165. The van der Waals surface area contributed by atoms with Gasteiger partial charge in [0, 0.05) is 48.7 Å². The molecule has 20 heavy (non-hydrogen) atoms. The lowest BCUT2D eigenvalue weighted by molar-refractivity contribution is 0.0301. The van der Waals surface area contributed by atoms with Gasteiger partial charge in [0.15, 0.2) is 0 Å². The number of rotatable bonds is 4. The van der Waals surface area contributed by atoms with Gasteiger partial charge in [-0.1, -0.05) is 48.0 Å². The van der Waals surface area contributed by atoms with Crippen molar-refractivity contribution in [3.8, 4) is 0 Å². The van der Waals surface area contributed by atoms with E-state index in [1.807, 2.05) is 6.07 Å². The van der Waals surface area contributed by atoms with Gasteiger partial charge in [0.05, 0.1) is 0 Å². The molecule has 0 saturated carbocycles. The highest BCUT2D eigenvalue weighted by atomic mass is 79.9. The Morgan fingerprint density at radius 2 is 1.90 bits per heavy atom. The van der Waals surface area contributed by atoms with Crippen molar-refractivity contribution in [2.24, 2.45) is 5.41 Å². The molecule has 1 aromatic carbocycles. The number of piperazine rings is 1. The summed E-state index contributed by atoms with van der Waals surface area (Å²) in [5.74, 6) is 0. The molecule has 3 nitrogen and oxygen atoms in total. The van der Waals surface area contributed by atoms with E-state index in [1.165, 1.54) is 5.56 Å². The van der Waals surface area contributed by atoms with Crippen LogP contribution in [-0.4, -0.2) is 42.8 Å². The van der Waals surface area contributed by atoms with Crippen molar-refractivity contribution in [3.63, 3.8) is 0 Å². The minimum absolute atomic E-state index is 0. The standard InChI is InChI=1S/C15H23BrN2O.ClH/c1-15(2,11-19)14(18-9-7-17-8-10-18)12-5-3-4-6-13(12)16;/h3-6,14,17,19H,7-11H2,1-2H3;1H/t14-;/m0./s1. The fourth-order valence-corrected chi connectivity index (χ4v) is 3.34. The SMILES string of the molecule is CC(C)(CO)[C@H](c1ccccc1Br)N1CCNCC1.Cl. The molecule has 0 aliphatic carbocycles. The Kier molecular flexibility index (Phi) is 6.95. The smallest absolute Gasteiger partial charge is 0.0500 e. The summed E-state index contributed by atoms with van der Waals surface area (Å²) in [4.78, 5) is 2.48. The number of aliphatic hydroxyl groups excluding tert-OH is 1. The fourth-order valence-electron chi connectivity index (χ4n) is 2.84. The third-order valence-corrected chi connectivity index (χ3v) is 4.59. The molecule has 1 aliphatic heterocycles. The lowest BCUT2D eigenvalue weighted by Gasteiger charge is -2.43. The lowest BCUT2D eigenvalue weighted by atomic mass is 9.80. The normalized spacial score (nSPS) is 18.4. The monoisotopic (exact) mass is 362 g/mol. The van der Waals surface area contributed by atoms with Crippen LogP contribution in [0.1, 0.15) is 25.5 Å². The number of halogens is 2. The zero-order valence-electron chi connectivity index (χ0n) is 12.1. The van der Waals surface area contributed by atoms with E-state index in [0.717, 1.165) is 30.7 Å². The van der Waals surface area contributed by atoms with Crippen molar-refractivity contribution >= 4 is 28.3 Å². The highest BCUT2D eigenvalue weighted by molar-refractivity contribution is 9.10. The molecule has 0 spiro atoms. The van der Waals surface area contributed by atoms with Gasteiger partial charge in [-0.2, -0.15) is 0 Å². The maximum Gasteiger partial charge on any atom is 0.0500 e. The largest absolute Gasteiger partial charge is 0.396 e. The fraction of sp³-hybridized carbons (Fsp3) is 0.600. The van der Waals surface area contributed by atoms with E-state index < -0.39 is 0 Å². The van der Waals surface area contributed by atoms with Gasteiger partial charge in [-0.15, -0.1) is 12.4 Å². The van der Waals surface area contributed by atoms with E-state index in [0.29, 0.717) is 0 Å². The zero-order valence-corrected chi connectivity index (χ0v) is 14.5. The second-order valence-electron chi connectivity index (χ2n) is 5.86. The van der Waals surface area contributed by atoms with E-state index in [4.69, 9.17) is 0 Å². The molecule has 5 heteroatoms. The summed E-state index contributed by atoms with van der Waals surface area (Å²) in [5.41, 5.74) is 1.10. The van der Waals surface area contributed by atoms with Crippen LogP contribution >= 0.6 is 28.3 Å². The van der Waals surface area contributed by atoms with E-state index in [1.54, 1.807) is 0 Å². The van der Waals surface area contributed by atoms with Gasteiger partial charge in [-0.25, -0.2) is 0 Å². The number of hydrogen-bond donors (Lipinski definition) is 2. The third-order valence-electron chi connectivity index (χ3n) is 3.86. The van der Waals surface area contributed by atoms with Gasteiger partial charge in [0.25, 0.3) is 0 Å². The maximum atomic E-state index is 9.79. The maximum absolute atomic E-state index is 9.79. The molecule has 0 aromatic heterocycles. The first-order chi connectivity index (χ1) is 9.06. The first-order valence-electron chi connectivity index (χ1n) is 6.86. The van der Waals surface area contributed by atoms with Crippen LogP contribution in [0.3, 0.4) is 0 Å². The second-order valence-corrected chi connectivity index (χ2v) is 6.71. The van der Waals surface area contributed by atoms with Crippen LogP contribution in [0.15, 0.2) is 28.7 Å². The second kappa shape index (κ2) is 7.76. The van der Waals surface area contributed by atoms with Gasteiger partial charge in [0.1, 0.15) is 0 Å². The predicted octanol–water partition coefficient (Wildman–Crippen LogP) is 2.84. The van der Waals surface area contributed by atoms with Gasteiger partial charge in [0.2, 0.25) is 0 Å². The summed E-state index contributed by atoms with van der Waals surface area (Å²) in [5, 5.41) is 13.2. The summed E-state index contributed by atoms with van der Waals surface area (Å²) in [6.45, 7) is 8.54. The summed E-state index contributed by atoms with van der Waals surface area (Å²) in [6, 6.07) is 8.58. The minimum Gasteiger partial charge on any atom is -0.396 e. The van der Waals surface area contributed by atoms with Crippen molar-refractivity contribution in [1.82, 2.24) is 10.2 Å². The topological polar surface area (TPSA) is 35.5 Å². The molecule has 0 radical (unpaired) electrons. The van der Waals surface area contributed by atoms with Crippen LogP contribution in [0, 0.1) is 5.41 Å². The van der Waals surface area contributed by atoms with E-state index >= 15 is 0 Å². The summed E-state index contributed by atoms with van der Waals surface area (Å²) < 4.78 is 1.13. The van der Waals surface area contributed by atoms with E-state index in [-0.39, 0.29) is 30.5 Å². The third kappa shape index (κ3) is 3.95. The summed E-state index contributed by atoms with van der Waals surface area (Å²) in [6.07, 6.45) is 0. The molecule has 0 bridgehead atoms. The molecular weight excluding hydrogens is 340 g/mol. The zero-order chi connectivity index (χ0) is 13.9. The van der Waals surface area contributed by atoms with Gasteiger partial charge < -0.3 is 10.4 Å². The number of nitrogens with zero attached hydrogens (tertiary/aromatic N) is 1. The van der Waals surface area contributed by atoms with Gasteiger partial charge in [-0.3, -0.25) is 4.90 Å². The van der Waals surface area contributed by atoms with E-state index in [2.05, 4.69) is 58.2 Å². The Labute approximate surface area is 136 Å². The first-order valence-corrected chi connectivity index (χ1v) is 7.65. The quantitative estimate of drug-likeness (QED) is 0.863. The Hall–Kier alpha value is -0.130. The average Bonchev–Trinajstić information content (AvgIpc) is 2.42. The Morgan fingerprint density at radius 3 is 2.45 bits per heavy atom. The lowest BCUT2D eigenvalue weighted by Crippen LogP contribution is -2.49. The Balaban J connectivity index is 0.00000200. The number of benzene rings is 1. The van der Waals surface area contributed by atoms with Crippen LogP contribution in [0.2, 0.25) is 0 Å². The first kappa shape index (κ1) is 17.9. The van der Waals surface area contributed by atoms with Crippen LogP contribution in [-0.2, 0) is 0 Å². The summed E-state index contributed by atoms with van der Waals surface area (Å²) >= 11 is 3.66. The van der Waals surface area contributed by atoms with Crippen LogP contribution in [0.25, 0.3) is 0 Å². The number of hydrogen-bond acceptors (Lipinski definition) is 3. The molecule has 0 unspecified atom stereocenters. The molecule has 2 N–H and O–H groups in total. The number of nitrogens with one attached hydrogen (secondary N) is 1. The number of aliphatic hydroxyl groups is 1. The van der Waals surface area contributed by atoms with Crippen LogP contribution in [0.4, 0.5) is 0 Å². The molecule has 2 rings (SSSR count). The molecule has 0 amide bonds. The van der Waals surface area contributed by atoms with Crippen LogP contribution < -0.4 is 5.32 Å². The molecule has 1 aliphatic rings.